The molecule has 1 aromatic heterocycles. The number of carbonyl (C=O) groups is 3. The van der Waals surface area contributed by atoms with Gasteiger partial charge in [-0.05, 0) is 35.7 Å². The van der Waals surface area contributed by atoms with E-state index in [1.807, 2.05) is 12.1 Å². The molecule has 0 aliphatic carbocycles. The average molecular weight is 363 g/mol. The lowest BCUT2D eigenvalue weighted by Gasteiger charge is -2.08. The zero-order valence-electron chi connectivity index (χ0n) is 14.6. The fraction of sp³-hybridized carbons (Fsp3) is 0.100. The van der Waals surface area contributed by atoms with Crippen molar-refractivity contribution in [1.29, 1.82) is 0 Å². The van der Waals surface area contributed by atoms with Gasteiger partial charge in [0.25, 0.3) is 5.91 Å². The van der Waals surface area contributed by atoms with Gasteiger partial charge >= 0.3 is 5.97 Å². The second kappa shape index (κ2) is 8.09. The van der Waals surface area contributed by atoms with Crippen molar-refractivity contribution in [2.45, 2.75) is 6.92 Å². The van der Waals surface area contributed by atoms with Gasteiger partial charge in [0.1, 0.15) is 0 Å². The maximum atomic E-state index is 12.3. The summed E-state index contributed by atoms with van der Waals surface area (Å²) in [4.78, 5) is 39.3. The summed E-state index contributed by atoms with van der Waals surface area (Å²) in [5, 5.41) is 6.78. The van der Waals surface area contributed by atoms with Gasteiger partial charge in [0, 0.05) is 29.9 Å². The van der Waals surface area contributed by atoms with Crippen molar-refractivity contribution in [3.8, 4) is 0 Å². The minimum absolute atomic E-state index is 0.167. The Kier molecular flexibility index (Phi) is 5.41. The molecule has 0 saturated carbocycles. The molecule has 0 fully saturated rings. The van der Waals surface area contributed by atoms with Gasteiger partial charge in [-0.1, -0.05) is 24.3 Å². The molecule has 0 aliphatic rings. The van der Waals surface area contributed by atoms with Crippen LogP contribution in [0.5, 0.6) is 0 Å². The third-order valence-electron chi connectivity index (χ3n) is 3.69. The van der Waals surface area contributed by atoms with Crippen LogP contribution in [0.1, 0.15) is 17.4 Å². The number of nitrogens with zero attached hydrogens (tertiary/aromatic N) is 1. The van der Waals surface area contributed by atoms with Crippen molar-refractivity contribution in [1.82, 2.24) is 4.98 Å². The van der Waals surface area contributed by atoms with Crippen molar-refractivity contribution in [3.63, 3.8) is 0 Å². The second-order valence-corrected chi connectivity index (χ2v) is 5.76. The number of hydrogen-bond acceptors (Lipinski definition) is 5. The molecule has 1 heterocycles. The van der Waals surface area contributed by atoms with Gasteiger partial charge in [-0.2, -0.15) is 0 Å². The van der Waals surface area contributed by atoms with Crippen molar-refractivity contribution >= 4 is 39.9 Å². The van der Waals surface area contributed by atoms with Crippen molar-refractivity contribution in [3.05, 3.63) is 66.5 Å². The third-order valence-corrected chi connectivity index (χ3v) is 3.69. The molecule has 7 nitrogen and oxygen atoms in total. The van der Waals surface area contributed by atoms with E-state index in [0.717, 1.165) is 5.39 Å². The molecule has 0 spiro atoms. The highest BCUT2D eigenvalue weighted by atomic mass is 16.5. The summed E-state index contributed by atoms with van der Waals surface area (Å²) in [7, 11) is 0. The number of carbonyl (C=O) groups excluding carboxylic acids is 3. The average Bonchev–Trinajstić information content (AvgIpc) is 2.67. The van der Waals surface area contributed by atoms with E-state index in [1.165, 1.54) is 13.1 Å². The van der Waals surface area contributed by atoms with Crippen LogP contribution in [-0.2, 0) is 14.3 Å². The number of ether oxygens (including phenoxy) is 1. The Morgan fingerprint density at radius 1 is 0.926 bits per heavy atom. The summed E-state index contributed by atoms with van der Waals surface area (Å²) in [5.74, 6) is -1.32. The Hall–Kier alpha value is -3.74. The minimum Gasteiger partial charge on any atom is -0.451 e. The van der Waals surface area contributed by atoms with Crippen LogP contribution < -0.4 is 10.6 Å². The van der Waals surface area contributed by atoms with Crippen LogP contribution in [0.3, 0.4) is 0 Å². The quantitative estimate of drug-likeness (QED) is 0.679. The summed E-state index contributed by atoms with van der Waals surface area (Å²) in [6, 6.07) is 15.7. The zero-order chi connectivity index (χ0) is 19.2. The number of pyridine rings is 1. The summed E-state index contributed by atoms with van der Waals surface area (Å²) in [5.41, 5.74) is 1.31. The van der Waals surface area contributed by atoms with E-state index in [0.29, 0.717) is 16.8 Å². The highest BCUT2D eigenvalue weighted by molar-refractivity contribution is 6.03. The summed E-state index contributed by atoms with van der Waals surface area (Å²) >= 11 is 0. The Morgan fingerprint density at radius 3 is 2.30 bits per heavy atom. The number of fused-ring (bicyclic) bond motifs is 1. The SMILES string of the molecule is CC(=O)Nc1ccc(NC(=O)COC(=O)c2nccc3ccccc23)cc1. The third kappa shape index (κ3) is 4.66. The number of amides is 2. The molecule has 3 rings (SSSR count). The van der Waals surface area contributed by atoms with E-state index in [4.69, 9.17) is 4.74 Å². The van der Waals surface area contributed by atoms with Gasteiger partial charge in [0.15, 0.2) is 12.3 Å². The summed E-state index contributed by atoms with van der Waals surface area (Å²) in [6.07, 6.45) is 1.52. The molecule has 2 amide bonds. The number of esters is 1. The lowest BCUT2D eigenvalue weighted by molar-refractivity contribution is -0.119. The Morgan fingerprint density at radius 2 is 1.59 bits per heavy atom. The molecule has 3 aromatic rings. The molecule has 0 saturated heterocycles. The van der Waals surface area contributed by atoms with E-state index >= 15 is 0 Å². The number of nitrogens with one attached hydrogen (secondary N) is 2. The van der Waals surface area contributed by atoms with Gasteiger partial charge in [-0.15, -0.1) is 0 Å². The number of rotatable bonds is 5. The maximum Gasteiger partial charge on any atom is 0.358 e. The minimum atomic E-state index is -0.664. The molecule has 27 heavy (non-hydrogen) atoms. The van der Waals surface area contributed by atoms with Crippen molar-refractivity contribution in [2.75, 3.05) is 17.2 Å². The first kappa shape index (κ1) is 18.1. The highest BCUT2D eigenvalue weighted by Gasteiger charge is 2.14. The lowest BCUT2D eigenvalue weighted by atomic mass is 10.1. The first-order valence-corrected chi connectivity index (χ1v) is 8.21. The predicted octanol–water partition coefficient (Wildman–Crippen LogP) is 2.99. The molecule has 7 heteroatoms. The predicted molar refractivity (Wildman–Crippen MR) is 101 cm³/mol. The Labute approximate surface area is 155 Å². The first-order chi connectivity index (χ1) is 13.0. The normalized spacial score (nSPS) is 10.3. The summed E-state index contributed by atoms with van der Waals surface area (Å²) < 4.78 is 5.08. The molecular formula is C20H17N3O4. The van der Waals surface area contributed by atoms with E-state index < -0.39 is 18.5 Å². The molecule has 0 bridgehead atoms. The Balaban J connectivity index is 1.58. The lowest BCUT2D eigenvalue weighted by Crippen LogP contribution is -2.21. The maximum absolute atomic E-state index is 12.3. The first-order valence-electron chi connectivity index (χ1n) is 8.21. The molecular weight excluding hydrogens is 346 g/mol. The number of aromatic nitrogens is 1. The van der Waals surface area contributed by atoms with Gasteiger partial charge in [0.2, 0.25) is 5.91 Å². The van der Waals surface area contributed by atoms with E-state index in [1.54, 1.807) is 42.5 Å². The summed E-state index contributed by atoms with van der Waals surface area (Å²) in [6.45, 7) is 0.978. The van der Waals surface area contributed by atoms with Crippen LogP contribution in [0.15, 0.2) is 60.8 Å². The number of anilines is 2. The molecule has 0 unspecified atom stereocenters. The van der Waals surface area contributed by atoms with Gasteiger partial charge in [-0.3, -0.25) is 9.59 Å². The molecule has 0 aliphatic heterocycles. The van der Waals surface area contributed by atoms with Crippen LogP contribution in [0.25, 0.3) is 10.8 Å². The molecule has 0 atom stereocenters. The molecule has 2 N–H and O–H groups in total. The fourth-order valence-corrected chi connectivity index (χ4v) is 2.52. The standard InChI is InChI=1S/C20H17N3O4/c1-13(24)22-15-6-8-16(9-7-15)23-18(25)12-27-20(26)19-17-5-3-2-4-14(17)10-11-21-19/h2-11H,12H2,1H3,(H,22,24)(H,23,25). The van der Waals surface area contributed by atoms with Crippen LogP contribution in [-0.4, -0.2) is 29.4 Å². The van der Waals surface area contributed by atoms with Gasteiger partial charge < -0.3 is 15.4 Å². The van der Waals surface area contributed by atoms with Crippen LogP contribution in [0, 0.1) is 0 Å². The molecule has 0 radical (unpaired) electrons. The fourth-order valence-electron chi connectivity index (χ4n) is 2.52. The largest absolute Gasteiger partial charge is 0.451 e. The van der Waals surface area contributed by atoms with Crippen molar-refractivity contribution in [2.24, 2.45) is 0 Å². The molecule has 2 aromatic carbocycles. The zero-order valence-corrected chi connectivity index (χ0v) is 14.6. The smallest absolute Gasteiger partial charge is 0.358 e. The van der Waals surface area contributed by atoms with Crippen molar-refractivity contribution < 1.29 is 19.1 Å². The topological polar surface area (TPSA) is 97.4 Å². The van der Waals surface area contributed by atoms with Crippen LogP contribution in [0.4, 0.5) is 11.4 Å². The van der Waals surface area contributed by atoms with E-state index in [2.05, 4.69) is 15.6 Å². The van der Waals surface area contributed by atoms with Crippen LogP contribution in [0.2, 0.25) is 0 Å². The molecule has 136 valence electrons. The monoisotopic (exact) mass is 363 g/mol. The van der Waals surface area contributed by atoms with Crippen LogP contribution >= 0.6 is 0 Å². The number of hydrogen-bond donors (Lipinski definition) is 2. The van der Waals surface area contributed by atoms with Gasteiger partial charge in [0.05, 0.1) is 0 Å². The Bertz CT molecular complexity index is 994. The highest BCUT2D eigenvalue weighted by Crippen LogP contribution is 2.17. The van der Waals surface area contributed by atoms with E-state index in [-0.39, 0.29) is 11.6 Å². The van der Waals surface area contributed by atoms with E-state index in [9.17, 15) is 14.4 Å². The second-order valence-electron chi connectivity index (χ2n) is 5.76. The van der Waals surface area contributed by atoms with Gasteiger partial charge in [-0.25, -0.2) is 9.78 Å². The number of benzene rings is 2.